The van der Waals surface area contributed by atoms with Gasteiger partial charge in [0.05, 0.1) is 12.9 Å². The van der Waals surface area contributed by atoms with Crippen molar-refractivity contribution in [1.82, 2.24) is 20.2 Å². The topological polar surface area (TPSA) is 63.5 Å². The Morgan fingerprint density at radius 2 is 1.69 bits per heavy atom. The smallest absolute Gasteiger partial charge is 0.422 e. The van der Waals surface area contributed by atoms with Crippen molar-refractivity contribution in [2.75, 3.05) is 13.2 Å². The van der Waals surface area contributed by atoms with E-state index >= 15 is 0 Å². The molecule has 0 amide bonds. The maximum Gasteiger partial charge on any atom is 0.422 e. The van der Waals surface area contributed by atoms with E-state index in [0.717, 1.165) is 17.7 Å². The Balaban J connectivity index is 1.51. The van der Waals surface area contributed by atoms with Gasteiger partial charge in [-0.15, -0.1) is 0 Å². The van der Waals surface area contributed by atoms with Crippen molar-refractivity contribution in [3.05, 3.63) is 83.9 Å². The average Bonchev–Trinajstić information content (AvgIpc) is 3.28. The lowest BCUT2D eigenvalue weighted by Gasteiger charge is -2.12. The van der Waals surface area contributed by atoms with Crippen molar-refractivity contribution in [2.24, 2.45) is 4.99 Å². The molecule has 0 unspecified atom stereocenters. The van der Waals surface area contributed by atoms with Crippen LogP contribution in [0.5, 0.6) is 5.75 Å². The van der Waals surface area contributed by atoms with Gasteiger partial charge in [-0.05, 0) is 35.7 Å². The molecule has 2 N–H and O–H groups in total. The molecule has 0 aliphatic heterocycles. The Morgan fingerprint density at radius 3 is 2.31 bits per heavy atom. The van der Waals surface area contributed by atoms with Crippen LogP contribution in [0.2, 0.25) is 0 Å². The molecule has 2 aromatic carbocycles. The summed E-state index contributed by atoms with van der Waals surface area (Å²) in [4.78, 5) is 8.59. The monoisotopic (exact) mass is 445 g/mol. The van der Waals surface area contributed by atoms with Crippen molar-refractivity contribution in [3.63, 3.8) is 0 Å². The first-order valence-electron chi connectivity index (χ1n) is 10.3. The molecule has 0 radical (unpaired) electrons. The molecule has 0 atom stereocenters. The highest BCUT2D eigenvalue weighted by molar-refractivity contribution is 5.79. The Labute approximate surface area is 185 Å². The number of hydrogen-bond donors (Lipinski definition) is 2. The molecule has 0 aliphatic rings. The van der Waals surface area contributed by atoms with Gasteiger partial charge in [-0.1, -0.05) is 36.4 Å². The van der Waals surface area contributed by atoms with Crippen LogP contribution in [0.1, 0.15) is 23.6 Å². The standard InChI is InChI=1S/C23H26F3N5O/c1-2-28-22(30-14-19-7-9-21(10-8-19)32-16-23(24,25)26)29-13-18-3-5-20(6-4-18)15-31-12-11-27-17-31/h3-12,17H,2,13-16H2,1H3,(H2,28,29,30). The van der Waals surface area contributed by atoms with Gasteiger partial charge in [0.25, 0.3) is 0 Å². The summed E-state index contributed by atoms with van der Waals surface area (Å²) in [6.45, 7) is 3.16. The molecule has 170 valence electrons. The minimum atomic E-state index is -4.35. The van der Waals surface area contributed by atoms with E-state index in [9.17, 15) is 13.2 Å². The van der Waals surface area contributed by atoms with Crippen LogP contribution in [0.4, 0.5) is 13.2 Å². The quantitative estimate of drug-likeness (QED) is 0.384. The molecule has 0 spiro atoms. The van der Waals surface area contributed by atoms with Crippen LogP contribution in [0.25, 0.3) is 0 Å². The summed E-state index contributed by atoms with van der Waals surface area (Å²) in [6, 6.07) is 14.8. The van der Waals surface area contributed by atoms with Crippen molar-refractivity contribution in [2.45, 2.75) is 32.7 Å². The van der Waals surface area contributed by atoms with Crippen molar-refractivity contribution in [1.29, 1.82) is 0 Å². The van der Waals surface area contributed by atoms with Gasteiger partial charge in [0.15, 0.2) is 12.6 Å². The summed E-state index contributed by atoms with van der Waals surface area (Å²) in [6.07, 6.45) is 1.13. The first kappa shape index (κ1) is 23.2. The number of nitrogens with zero attached hydrogens (tertiary/aromatic N) is 3. The molecule has 0 bridgehead atoms. The summed E-state index contributed by atoms with van der Waals surface area (Å²) < 4.78 is 43.4. The van der Waals surface area contributed by atoms with E-state index in [1.807, 2.05) is 17.7 Å². The maximum atomic E-state index is 12.2. The van der Waals surface area contributed by atoms with Crippen molar-refractivity contribution < 1.29 is 17.9 Å². The van der Waals surface area contributed by atoms with E-state index in [1.54, 1.807) is 24.7 Å². The fourth-order valence-electron chi connectivity index (χ4n) is 2.91. The predicted octanol–water partition coefficient (Wildman–Crippen LogP) is 4.13. The number of benzene rings is 2. The number of nitrogens with one attached hydrogen (secondary N) is 2. The van der Waals surface area contributed by atoms with E-state index in [2.05, 4.69) is 44.9 Å². The second-order valence-electron chi connectivity index (χ2n) is 7.15. The number of ether oxygens (including phenoxy) is 1. The van der Waals surface area contributed by atoms with Gasteiger partial charge in [0.2, 0.25) is 0 Å². The van der Waals surface area contributed by atoms with Crippen molar-refractivity contribution in [3.8, 4) is 5.75 Å². The Hall–Kier alpha value is -3.49. The van der Waals surface area contributed by atoms with Crippen LogP contribution < -0.4 is 15.4 Å². The molecule has 32 heavy (non-hydrogen) atoms. The SMILES string of the molecule is CCNC(=NCc1ccc(OCC(F)(F)F)cc1)NCc1ccc(Cn2ccnc2)cc1. The molecule has 3 rings (SSSR count). The van der Waals surface area contributed by atoms with E-state index in [0.29, 0.717) is 25.6 Å². The second kappa shape index (κ2) is 11.2. The number of alkyl halides is 3. The fourth-order valence-corrected chi connectivity index (χ4v) is 2.91. The van der Waals surface area contributed by atoms with Crippen LogP contribution in [0.15, 0.2) is 72.2 Å². The number of hydrogen-bond acceptors (Lipinski definition) is 3. The maximum absolute atomic E-state index is 12.2. The highest BCUT2D eigenvalue weighted by atomic mass is 19.4. The molecule has 0 fully saturated rings. The van der Waals surface area contributed by atoms with E-state index < -0.39 is 12.8 Å². The van der Waals surface area contributed by atoms with Gasteiger partial charge in [0, 0.05) is 32.0 Å². The highest BCUT2D eigenvalue weighted by Crippen LogP contribution is 2.19. The highest BCUT2D eigenvalue weighted by Gasteiger charge is 2.28. The third-order valence-corrected chi connectivity index (χ3v) is 4.50. The number of imidazole rings is 1. The minimum Gasteiger partial charge on any atom is -0.484 e. The number of aliphatic imine (C=N–C) groups is 1. The van der Waals surface area contributed by atoms with Crippen LogP contribution in [-0.4, -0.2) is 34.8 Å². The number of guanidine groups is 1. The van der Waals surface area contributed by atoms with Gasteiger partial charge >= 0.3 is 6.18 Å². The summed E-state index contributed by atoms with van der Waals surface area (Å²) >= 11 is 0. The average molecular weight is 445 g/mol. The molecule has 1 heterocycles. The molecular formula is C23H26F3N5O. The van der Waals surface area contributed by atoms with Gasteiger partial charge in [-0.2, -0.15) is 13.2 Å². The molecular weight excluding hydrogens is 419 g/mol. The number of rotatable bonds is 9. The van der Waals surface area contributed by atoms with E-state index in [4.69, 9.17) is 4.74 Å². The van der Waals surface area contributed by atoms with Gasteiger partial charge < -0.3 is 19.9 Å². The van der Waals surface area contributed by atoms with Crippen molar-refractivity contribution >= 4 is 5.96 Å². The Bertz CT molecular complexity index is 968. The molecule has 6 nitrogen and oxygen atoms in total. The summed E-state index contributed by atoms with van der Waals surface area (Å²) in [5.41, 5.74) is 3.18. The largest absolute Gasteiger partial charge is 0.484 e. The number of halogens is 3. The predicted molar refractivity (Wildman–Crippen MR) is 117 cm³/mol. The molecule has 0 saturated heterocycles. The van der Waals surface area contributed by atoms with Gasteiger partial charge in [-0.25, -0.2) is 9.98 Å². The first-order valence-corrected chi connectivity index (χ1v) is 10.3. The van der Waals surface area contributed by atoms with Crippen LogP contribution >= 0.6 is 0 Å². The Morgan fingerprint density at radius 1 is 1.00 bits per heavy atom. The van der Waals surface area contributed by atoms with Crippen LogP contribution in [0.3, 0.4) is 0 Å². The van der Waals surface area contributed by atoms with Gasteiger partial charge in [0.1, 0.15) is 5.75 Å². The minimum absolute atomic E-state index is 0.177. The molecule has 9 heteroatoms. The van der Waals surface area contributed by atoms with Crippen LogP contribution in [0, 0.1) is 0 Å². The molecule has 0 saturated carbocycles. The van der Waals surface area contributed by atoms with E-state index in [1.165, 1.54) is 17.7 Å². The molecule has 1 aromatic heterocycles. The normalized spacial score (nSPS) is 11.9. The molecule has 0 aliphatic carbocycles. The second-order valence-corrected chi connectivity index (χ2v) is 7.15. The van der Waals surface area contributed by atoms with Gasteiger partial charge in [-0.3, -0.25) is 0 Å². The fraction of sp³-hybridized carbons (Fsp3) is 0.304. The molecule has 3 aromatic rings. The third-order valence-electron chi connectivity index (χ3n) is 4.50. The zero-order valence-electron chi connectivity index (χ0n) is 17.8. The lowest BCUT2D eigenvalue weighted by Crippen LogP contribution is -2.36. The summed E-state index contributed by atoms with van der Waals surface area (Å²) in [7, 11) is 0. The first-order chi connectivity index (χ1) is 15.4. The summed E-state index contributed by atoms with van der Waals surface area (Å²) in [5.74, 6) is 0.837. The lowest BCUT2D eigenvalue weighted by molar-refractivity contribution is -0.153. The van der Waals surface area contributed by atoms with Crippen LogP contribution in [-0.2, 0) is 19.6 Å². The third kappa shape index (κ3) is 7.98. The zero-order valence-corrected chi connectivity index (χ0v) is 17.8. The number of aromatic nitrogens is 2. The Kier molecular flexibility index (Phi) is 8.13. The lowest BCUT2D eigenvalue weighted by atomic mass is 10.1. The van der Waals surface area contributed by atoms with E-state index in [-0.39, 0.29) is 5.75 Å². The summed E-state index contributed by atoms with van der Waals surface area (Å²) in [5, 5.41) is 6.49. The zero-order chi connectivity index (χ0) is 22.8.